The zero-order chi connectivity index (χ0) is 13.5. The Kier molecular flexibility index (Phi) is 6.15. The van der Waals surface area contributed by atoms with Crippen molar-refractivity contribution in [2.24, 2.45) is 17.8 Å². The summed E-state index contributed by atoms with van der Waals surface area (Å²) in [7, 11) is 0. The van der Waals surface area contributed by atoms with Crippen molar-refractivity contribution in [3.05, 3.63) is 0 Å². The van der Waals surface area contributed by atoms with Gasteiger partial charge in [-0.05, 0) is 44.2 Å². The lowest BCUT2D eigenvalue weighted by Crippen LogP contribution is -2.43. The summed E-state index contributed by atoms with van der Waals surface area (Å²) in [6.45, 7) is 5.37. The summed E-state index contributed by atoms with van der Waals surface area (Å²) < 4.78 is 0. The maximum Gasteiger partial charge on any atom is 0.223 e. The van der Waals surface area contributed by atoms with Crippen LogP contribution in [0.15, 0.2) is 0 Å². The van der Waals surface area contributed by atoms with E-state index in [-0.39, 0.29) is 5.92 Å². The van der Waals surface area contributed by atoms with Gasteiger partial charge in [0, 0.05) is 12.5 Å². The Labute approximate surface area is 117 Å². The summed E-state index contributed by atoms with van der Waals surface area (Å²) in [4.78, 5) is 12.3. The van der Waals surface area contributed by atoms with E-state index < -0.39 is 0 Å². The molecule has 2 atom stereocenters. The lowest BCUT2D eigenvalue weighted by Gasteiger charge is -2.30. The van der Waals surface area contributed by atoms with Gasteiger partial charge in [0.05, 0.1) is 0 Å². The highest BCUT2D eigenvalue weighted by Gasteiger charge is 2.24. The normalized spacial score (nSPS) is 30.4. The predicted octanol–water partition coefficient (Wildman–Crippen LogP) is 2.71. The van der Waals surface area contributed by atoms with Crippen LogP contribution < -0.4 is 10.6 Å². The summed E-state index contributed by atoms with van der Waals surface area (Å²) in [5.41, 5.74) is 0. The molecular weight excluding hydrogens is 236 g/mol. The molecule has 0 bridgehead atoms. The summed E-state index contributed by atoms with van der Waals surface area (Å²) >= 11 is 0. The molecule has 2 N–H and O–H groups in total. The second kappa shape index (κ2) is 7.88. The first kappa shape index (κ1) is 14.8. The Morgan fingerprint density at radius 1 is 1.11 bits per heavy atom. The smallest absolute Gasteiger partial charge is 0.223 e. The quantitative estimate of drug-likeness (QED) is 0.824. The maximum absolute atomic E-state index is 12.3. The standard InChI is InChI=1S/C16H30N2O/c1-13-9-10-17-11-15(13)12-18-16(19)14-7-5-3-2-4-6-8-14/h13-15,17H,2-12H2,1H3,(H,18,19). The first-order valence-electron chi connectivity index (χ1n) is 8.26. The van der Waals surface area contributed by atoms with E-state index in [2.05, 4.69) is 17.6 Å². The molecular formula is C16H30N2O. The van der Waals surface area contributed by atoms with E-state index in [4.69, 9.17) is 0 Å². The number of amides is 1. The monoisotopic (exact) mass is 266 g/mol. The largest absolute Gasteiger partial charge is 0.356 e. The Bertz CT molecular complexity index is 272. The van der Waals surface area contributed by atoms with Gasteiger partial charge in [0.2, 0.25) is 5.91 Å². The lowest BCUT2D eigenvalue weighted by atomic mass is 9.87. The summed E-state index contributed by atoms with van der Waals surface area (Å²) in [5.74, 6) is 1.96. The van der Waals surface area contributed by atoms with Crippen molar-refractivity contribution in [1.82, 2.24) is 10.6 Å². The molecule has 1 saturated carbocycles. The molecule has 2 rings (SSSR count). The van der Waals surface area contributed by atoms with E-state index in [1.807, 2.05) is 0 Å². The fourth-order valence-electron chi connectivity index (χ4n) is 3.42. The maximum atomic E-state index is 12.3. The van der Waals surface area contributed by atoms with Gasteiger partial charge in [-0.1, -0.05) is 39.0 Å². The van der Waals surface area contributed by atoms with Crippen LogP contribution in [0.3, 0.4) is 0 Å². The molecule has 2 fully saturated rings. The first-order chi connectivity index (χ1) is 9.27. The van der Waals surface area contributed by atoms with Gasteiger partial charge in [0.15, 0.2) is 0 Å². The van der Waals surface area contributed by atoms with Crippen molar-refractivity contribution >= 4 is 5.91 Å². The van der Waals surface area contributed by atoms with Crippen molar-refractivity contribution in [3.8, 4) is 0 Å². The third-order valence-electron chi connectivity index (χ3n) is 5.00. The Hall–Kier alpha value is -0.570. The topological polar surface area (TPSA) is 41.1 Å². The van der Waals surface area contributed by atoms with Crippen LogP contribution in [0.2, 0.25) is 0 Å². The summed E-state index contributed by atoms with van der Waals surface area (Å²) in [6, 6.07) is 0. The van der Waals surface area contributed by atoms with Crippen LogP contribution in [0.25, 0.3) is 0 Å². The van der Waals surface area contributed by atoms with Crippen LogP contribution in [0, 0.1) is 17.8 Å². The molecule has 1 saturated heterocycles. The average Bonchev–Trinajstić information content (AvgIpc) is 2.37. The van der Waals surface area contributed by atoms with Gasteiger partial charge in [0.25, 0.3) is 0 Å². The van der Waals surface area contributed by atoms with Crippen molar-refractivity contribution in [1.29, 1.82) is 0 Å². The SMILES string of the molecule is CC1CCNCC1CNC(=O)C1CCCCCCC1. The van der Waals surface area contributed by atoms with E-state index in [9.17, 15) is 4.79 Å². The highest BCUT2D eigenvalue weighted by Crippen LogP contribution is 2.23. The fraction of sp³-hybridized carbons (Fsp3) is 0.938. The minimum absolute atomic E-state index is 0.284. The van der Waals surface area contributed by atoms with E-state index in [0.29, 0.717) is 11.8 Å². The van der Waals surface area contributed by atoms with Gasteiger partial charge in [0.1, 0.15) is 0 Å². The summed E-state index contributed by atoms with van der Waals surface area (Å²) in [6.07, 6.45) is 9.90. The molecule has 1 aliphatic carbocycles. The zero-order valence-electron chi connectivity index (χ0n) is 12.4. The number of carbonyl (C=O) groups excluding carboxylic acids is 1. The second-order valence-electron chi connectivity index (χ2n) is 6.52. The highest BCUT2D eigenvalue weighted by molar-refractivity contribution is 5.78. The van der Waals surface area contributed by atoms with Gasteiger partial charge >= 0.3 is 0 Å². The van der Waals surface area contributed by atoms with Crippen molar-refractivity contribution in [2.45, 2.75) is 58.3 Å². The van der Waals surface area contributed by atoms with Crippen LogP contribution in [0.5, 0.6) is 0 Å². The van der Waals surface area contributed by atoms with Crippen LogP contribution in [0.1, 0.15) is 58.3 Å². The summed E-state index contributed by atoms with van der Waals surface area (Å²) in [5, 5.41) is 6.66. The zero-order valence-corrected chi connectivity index (χ0v) is 12.4. The molecule has 0 aromatic heterocycles. The van der Waals surface area contributed by atoms with Gasteiger partial charge in [-0.15, -0.1) is 0 Å². The minimum atomic E-state index is 0.284. The van der Waals surface area contributed by atoms with Gasteiger partial charge < -0.3 is 10.6 Å². The van der Waals surface area contributed by atoms with Crippen LogP contribution >= 0.6 is 0 Å². The number of carbonyl (C=O) groups is 1. The number of piperidine rings is 1. The molecule has 1 aliphatic heterocycles. The molecule has 110 valence electrons. The van der Waals surface area contributed by atoms with Crippen molar-refractivity contribution in [3.63, 3.8) is 0 Å². The lowest BCUT2D eigenvalue weighted by molar-refractivity contribution is -0.125. The number of hydrogen-bond acceptors (Lipinski definition) is 2. The minimum Gasteiger partial charge on any atom is -0.356 e. The van der Waals surface area contributed by atoms with Crippen molar-refractivity contribution in [2.75, 3.05) is 19.6 Å². The van der Waals surface area contributed by atoms with Crippen LogP contribution in [-0.4, -0.2) is 25.5 Å². The number of hydrogen-bond donors (Lipinski definition) is 2. The van der Waals surface area contributed by atoms with E-state index in [0.717, 1.165) is 38.4 Å². The second-order valence-corrected chi connectivity index (χ2v) is 6.52. The van der Waals surface area contributed by atoms with E-state index in [1.54, 1.807) is 0 Å². The highest BCUT2D eigenvalue weighted by atomic mass is 16.1. The molecule has 0 spiro atoms. The fourth-order valence-corrected chi connectivity index (χ4v) is 3.42. The number of rotatable bonds is 3. The van der Waals surface area contributed by atoms with Gasteiger partial charge in [-0.25, -0.2) is 0 Å². The Balaban J connectivity index is 1.72. The third-order valence-corrected chi connectivity index (χ3v) is 5.00. The molecule has 1 amide bonds. The molecule has 2 aliphatic rings. The predicted molar refractivity (Wildman–Crippen MR) is 79.0 cm³/mol. The molecule has 0 aromatic carbocycles. The number of nitrogens with one attached hydrogen (secondary N) is 2. The molecule has 0 radical (unpaired) electrons. The molecule has 1 heterocycles. The molecule has 2 unspecified atom stereocenters. The van der Waals surface area contributed by atoms with Crippen molar-refractivity contribution < 1.29 is 4.79 Å². The third kappa shape index (κ3) is 4.79. The van der Waals surface area contributed by atoms with E-state index in [1.165, 1.54) is 38.5 Å². The molecule has 3 nitrogen and oxygen atoms in total. The van der Waals surface area contributed by atoms with Crippen LogP contribution in [0.4, 0.5) is 0 Å². The molecule has 0 aromatic rings. The Morgan fingerprint density at radius 3 is 2.47 bits per heavy atom. The van der Waals surface area contributed by atoms with E-state index >= 15 is 0 Å². The average molecular weight is 266 g/mol. The molecule has 3 heteroatoms. The first-order valence-corrected chi connectivity index (χ1v) is 8.26. The molecule has 19 heavy (non-hydrogen) atoms. The van der Waals surface area contributed by atoms with Gasteiger partial charge in [-0.3, -0.25) is 4.79 Å². The Morgan fingerprint density at radius 2 is 1.79 bits per heavy atom. The van der Waals surface area contributed by atoms with Crippen LogP contribution in [-0.2, 0) is 4.79 Å². The van der Waals surface area contributed by atoms with Gasteiger partial charge in [-0.2, -0.15) is 0 Å².